The number of ether oxygens (including phenoxy) is 2. The van der Waals surface area contributed by atoms with Gasteiger partial charge in [-0.05, 0) is 38.0 Å². The van der Waals surface area contributed by atoms with Crippen molar-refractivity contribution >= 4 is 21.9 Å². The van der Waals surface area contributed by atoms with E-state index in [9.17, 15) is 32.6 Å². The Hall–Kier alpha value is -4.48. The molecule has 0 saturated carbocycles. The number of aliphatic hydroxyl groups is 2. The molecule has 1 aliphatic heterocycles. The minimum Gasteiger partial charge on any atom is -0.449 e. The van der Waals surface area contributed by atoms with Crippen LogP contribution in [0.15, 0.2) is 75.0 Å². The van der Waals surface area contributed by atoms with Crippen molar-refractivity contribution in [2.45, 2.75) is 69.5 Å². The van der Waals surface area contributed by atoms with Gasteiger partial charge in [-0.2, -0.15) is 4.98 Å². The number of benzene rings is 2. The first-order valence-electron chi connectivity index (χ1n) is 14.7. The number of sulfonamides is 1. The highest BCUT2D eigenvalue weighted by molar-refractivity contribution is 7.89. The summed E-state index contributed by atoms with van der Waals surface area (Å²) in [5.41, 5.74) is 2.37. The quantitative estimate of drug-likeness (QED) is 0.188. The number of nitrogens with two attached hydrogens (primary N) is 1. The molecule has 0 bridgehead atoms. The summed E-state index contributed by atoms with van der Waals surface area (Å²) in [5.74, 6) is -0.917. The molecule has 16 heteroatoms. The summed E-state index contributed by atoms with van der Waals surface area (Å²) in [6.45, 7) is 5.50. The molecule has 5 N–H and O–H groups in total. The number of nitrogens with zero attached hydrogens (tertiary/aromatic N) is 3. The van der Waals surface area contributed by atoms with E-state index in [1.54, 1.807) is 12.1 Å². The average Bonchev–Trinajstić information content (AvgIpc) is 3.55. The number of amides is 1. The number of carbonyl (C=O) groups is 1. The van der Waals surface area contributed by atoms with Crippen LogP contribution < -0.4 is 16.1 Å². The second kappa shape index (κ2) is 15.4. The third-order valence-electron chi connectivity index (χ3n) is 7.24. The third kappa shape index (κ3) is 8.66. The minimum absolute atomic E-state index is 0.0756. The van der Waals surface area contributed by atoms with E-state index in [1.807, 2.05) is 44.2 Å². The lowest BCUT2D eigenvalue weighted by Crippen LogP contribution is -2.36. The molecule has 5 rings (SSSR count). The summed E-state index contributed by atoms with van der Waals surface area (Å²) >= 11 is 0. The predicted molar refractivity (Wildman–Crippen MR) is 168 cm³/mol. The molecule has 14 nitrogen and oxygen atoms in total. The Morgan fingerprint density at radius 2 is 1.77 bits per heavy atom. The lowest BCUT2D eigenvalue weighted by atomic mass is 10.00. The molecular weight excluding hydrogens is 637 g/mol. The first kappa shape index (κ1) is 35.4. The maximum atomic E-state index is 14.1. The molecule has 2 aromatic heterocycles. The van der Waals surface area contributed by atoms with Crippen LogP contribution >= 0.6 is 0 Å². The van der Waals surface area contributed by atoms with Crippen LogP contribution in [0.25, 0.3) is 22.4 Å². The topological polar surface area (TPSA) is 209 Å². The van der Waals surface area contributed by atoms with Gasteiger partial charge in [0.2, 0.25) is 10.0 Å². The Morgan fingerprint density at radius 1 is 1.09 bits per heavy atom. The Kier molecular flexibility index (Phi) is 11.6. The number of aromatic nitrogens is 3. The normalized spacial score (nSPS) is 19.1. The van der Waals surface area contributed by atoms with Gasteiger partial charge in [0.05, 0.1) is 29.4 Å². The maximum absolute atomic E-state index is 14.1. The first-order valence-corrected chi connectivity index (χ1v) is 16.3. The van der Waals surface area contributed by atoms with Crippen molar-refractivity contribution in [3.05, 3.63) is 82.9 Å². The van der Waals surface area contributed by atoms with Gasteiger partial charge in [-0.25, -0.2) is 27.5 Å². The van der Waals surface area contributed by atoms with Gasteiger partial charge in [-0.1, -0.05) is 67.4 Å². The van der Waals surface area contributed by atoms with E-state index in [4.69, 9.17) is 19.1 Å². The van der Waals surface area contributed by atoms with Gasteiger partial charge in [-0.15, -0.1) is 0 Å². The molecule has 3 heterocycles. The lowest BCUT2D eigenvalue weighted by Gasteiger charge is -2.17. The zero-order valence-corrected chi connectivity index (χ0v) is 26.7. The van der Waals surface area contributed by atoms with Gasteiger partial charge < -0.3 is 24.2 Å². The molecule has 1 aliphatic rings. The van der Waals surface area contributed by atoms with Crippen LogP contribution in [-0.2, 0) is 19.5 Å². The second-order valence-electron chi connectivity index (χ2n) is 10.7. The molecule has 47 heavy (non-hydrogen) atoms. The van der Waals surface area contributed by atoms with Gasteiger partial charge in [0, 0.05) is 5.56 Å². The van der Waals surface area contributed by atoms with Crippen molar-refractivity contribution in [3.63, 3.8) is 0 Å². The van der Waals surface area contributed by atoms with Crippen LogP contribution in [0.1, 0.15) is 45.1 Å². The summed E-state index contributed by atoms with van der Waals surface area (Å²) in [5, 5.41) is 30.8. The number of nitrogens with one attached hydrogen (secondary N) is 1. The van der Waals surface area contributed by atoms with Crippen molar-refractivity contribution < 1.29 is 41.8 Å². The Morgan fingerprint density at radius 3 is 2.36 bits per heavy atom. The van der Waals surface area contributed by atoms with Gasteiger partial charge in [0.15, 0.2) is 17.9 Å². The Labute approximate surface area is 270 Å². The van der Waals surface area contributed by atoms with E-state index in [2.05, 4.69) is 15.5 Å². The molecular formula is C31H36FN5O9S. The van der Waals surface area contributed by atoms with Gasteiger partial charge in [-0.3, -0.25) is 9.88 Å². The van der Waals surface area contributed by atoms with Crippen molar-refractivity contribution in [1.29, 1.82) is 0 Å². The van der Waals surface area contributed by atoms with Crippen molar-refractivity contribution in [3.8, 4) is 22.4 Å². The fourth-order valence-electron chi connectivity index (χ4n) is 4.74. The number of primary sulfonamides is 1. The molecule has 0 unspecified atom stereocenters. The molecule has 0 aliphatic carbocycles. The number of hydrogen-bond donors (Lipinski definition) is 4. The van der Waals surface area contributed by atoms with Crippen molar-refractivity contribution in [1.82, 2.24) is 14.7 Å². The maximum Gasteiger partial charge on any atom is 0.412 e. The van der Waals surface area contributed by atoms with Gasteiger partial charge in [0.25, 0.3) is 0 Å². The molecule has 0 spiro atoms. The van der Waals surface area contributed by atoms with Crippen LogP contribution in [0.4, 0.5) is 15.0 Å². The monoisotopic (exact) mass is 673 g/mol. The second-order valence-corrected chi connectivity index (χ2v) is 12.3. The third-order valence-corrected chi connectivity index (χ3v) is 8.17. The highest BCUT2D eigenvalue weighted by Crippen LogP contribution is 2.34. The van der Waals surface area contributed by atoms with Crippen molar-refractivity contribution in [2.75, 3.05) is 11.9 Å². The molecule has 2 aromatic carbocycles. The summed E-state index contributed by atoms with van der Waals surface area (Å²) in [7, 11) is -3.70. The van der Waals surface area contributed by atoms with E-state index in [0.29, 0.717) is 12.2 Å². The van der Waals surface area contributed by atoms with E-state index in [1.165, 1.54) is 19.1 Å². The molecule has 0 radical (unpaired) electrons. The van der Waals surface area contributed by atoms with E-state index >= 15 is 0 Å². The molecule has 1 saturated heterocycles. The standard InChI is InChI=1S/C16H14N2O3S.C15H22FN3O6/c1-11-15(12-7-9-14(10-8-12)22(17,19)20)16(18-21-11)13-5-3-2-4-6-13;1-3-4-5-6-24-15(23)18-12-9(16)7-19(14(22)17-12)13-11(21)10(20)8(2)25-13/h2-10H,1H3,(H2,17,19,20);7-8,10-11,13,20-21H,3-6H2,1-2H3,(H,17,18,22,23)/t;8-,10-,11-,13-/m.1/s1. The summed E-state index contributed by atoms with van der Waals surface area (Å²) in [4.78, 5) is 27.1. The first-order chi connectivity index (χ1) is 22.3. The molecule has 4 atom stereocenters. The number of carbonyl (C=O) groups excluding carboxylic acids is 1. The van der Waals surface area contributed by atoms with Crippen molar-refractivity contribution in [2.24, 2.45) is 5.14 Å². The van der Waals surface area contributed by atoms with E-state index in [-0.39, 0.29) is 11.5 Å². The zero-order valence-electron chi connectivity index (χ0n) is 25.9. The Balaban J connectivity index is 0.000000214. The number of unbranched alkanes of at least 4 members (excludes halogenated alkanes) is 2. The number of rotatable bonds is 9. The molecule has 252 valence electrons. The van der Waals surface area contributed by atoms with Crippen LogP contribution in [0.2, 0.25) is 0 Å². The number of aliphatic hydroxyl groups excluding tert-OH is 2. The van der Waals surface area contributed by atoms with E-state index in [0.717, 1.165) is 46.0 Å². The summed E-state index contributed by atoms with van der Waals surface area (Å²) in [6, 6.07) is 16.0. The lowest BCUT2D eigenvalue weighted by molar-refractivity contribution is -0.0355. The highest BCUT2D eigenvalue weighted by atomic mass is 32.2. The number of anilines is 1. The largest absolute Gasteiger partial charge is 0.449 e. The van der Waals surface area contributed by atoms with Crippen LogP contribution in [0.5, 0.6) is 0 Å². The number of hydrogen-bond acceptors (Lipinski definition) is 11. The van der Waals surface area contributed by atoms with Gasteiger partial charge in [0.1, 0.15) is 23.7 Å². The zero-order chi connectivity index (χ0) is 34.3. The number of halogens is 1. The fourth-order valence-corrected chi connectivity index (χ4v) is 5.25. The van der Waals surface area contributed by atoms with Crippen LogP contribution in [-0.4, -0.2) is 64.4 Å². The molecule has 1 amide bonds. The van der Waals surface area contributed by atoms with Crippen LogP contribution in [0, 0.1) is 12.7 Å². The van der Waals surface area contributed by atoms with Gasteiger partial charge >= 0.3 is 11.8 Å². The minimum atomic E-state index is -3.70. The average molecular weight is 674 g/mol. The SMILES string of the molecule is CCCCCOC(=O)Nc1nc(=O)n([C@@H]2O[C@H](C)[C@@H](O)[C@H]2O)cc1F.Cc1onc(-c2ccccc2)c1-c1ccc(S(N)(=O)=O)cc1. The fraction of sp³-hybridized carbons (Fsp3) is 0.355. The highest BCUT2D eigenvalue weighted by Gasteiger charge is 2.42. The number of aryl methyl sites for hydroxylation is 1. The smallest absolute Gasteiger partial charge is 0.412 e. The predicted octanol–water partition coefficient (Wildman–Crippen LogP) is 3.72. The summed E-state index contributed by atoms with van der Waals surface area (Å²) < 4.78 is 52.9. The van der Waals surface area contributed by atoms with Crippen LogP contribution in [0.3, 0.4) is 0 Å². The van der Waals surface area contributed by atoms with E-state index < -0.39 is 58.0 Å². The molecule has 1 fully saturated rings. The summed E-state index contributed by atoms with van der Waals surface area (Å²) in [6.07, 6.45) is -2.25. The Bertz CT molecular complexity index is 1830. The molecule has 4 aromatic rings.